The molecule has 0 spiro atoms. The highest BCUT2D eigenvalue weighted by Gasteiger charge is 2.40. The van der Waals surface area contributed by atoms with Crippen LogP contribution in [0.15, 0.2) is 0 Å². The van der Waals surface area contributed by atoms with Gasteiger partial charge in [-0.3, -0.25) is 14.4 Å². The topological polar surface area (TPSA) is 159 Å². The van der Waals surface area contributed by atoms with E-state index in [2.05, 4.69) is 17.9 Å². The SMILES string of the molecule is NCCCCC(N)C(=O)N1CCCC1C(=O)NC(CS)C(=O)N1CCCC1C(=O)O. The third kappa shape index (κ3) is 5.86. The number of rotatable bonds is 10. The van der Waals surface area contributed by atoms with E-state index in [1.54, 1.807) is 0 Å². The minimum absolute atomic E-state index is 0.0344. The van der Waals surface area contributed by atoms with E-state index in [1.807, 2.05) is 0 Å². The van der Waals surface area contributed by atoms with E-state index in [0.717, 1.165) is 12.8 Å². The molecule has 3 amide bonds. The summed E-state index contributed by atoms with van der Waals surface area (Å²) in [6, 6.07) is -3.21. The summed E-state index contributed by atoms with van der Waals surface area (Å²) in [6.07, 6.45) is 4.18. The fraction of sp³-hybridized carbons (Fsp3) is 0.789. The first-order valence-corrected chi connectivity index (χ1v) is 11.2. The van der Waals surface area contributed by atoms with Gasteiger partial charge in [-0.1, -0.05) is 6.42 Å². The number of nitrogens with two attached hydrogens (primary N) is 2. The lowest BCUT2D eigenvalue weighted by Crippen LogP contribution is -2.57. The number of nitrogens with zero attached hydrogens (tertiary/aromatic N) is 2. The third-order valence-corrected chi connectivity index (χ3v) is 6.11. The number of hydrogen-bond donors (Lipinski definition) is 5. The number of hydrogen-bond acceptors (Lipinski definition) is 7. The quantitative estimate of drug-likeness (QED) is 0.212. The lowest BCUT2D eigenvalue weighted by atomic mass is 10.1. The van der Waals surface area contributed by atoms with Gasteiger partial charge in [-0.15, -0.1) is 0 Å². The predicted octanol–water partition coefficient (Wildman–Crippen LogP) is -1.08. The first-order valence-electron chi connectivity index (χ1n) is 10.5. The second-order valence-electron chi connectivity index (χ2n) is 7.85. The van der Waals surface area contributed by atoms with Crippen LogP contribution in [0.2, 0.25) is 0 Å². The van der Waals surface area contributed by atoms with Crippen LogP contribution in [0.5, 0.6) is 0 Å². The van der Waals surface area contributed by atoms with E-state index in [4.69, 9.17) is 11.5 Å². The number of carbonyl (C=O) groups excluding carboxylic acids is 3. The third-order valence-electron chi connectivity index (χ3n) is 5.74. The van der Waals surface area contributed by atoms with Crippen LogP contribution in [0.4, 0.5) is 0 Å². The van der Waals surface area contributed by atoms with Gasteiger partial charge in [-0.05, 0) is 45.1 Å². The van der Waals surface area contributed by atoms with Crippen molar-refractivity contribution in [1.29, 1.82) is 0 Å². The fourth-order valence-electron chi connectivity index (χ4n) is 4.09. The highest BCUT2D eigenvalue weighted by molar-refractivity contribution is 7.80. The van der Waals surface area contributed by atoms with Crippen LogP contribution in [0.3, 0.4) is 0 Å². The van der Waals surface area contributed by atoms with Gasteiger partial charge >= 0.3 is 5.97 Å². The van der Waals surface area contributed by atoms with Gasteiger partial charge in [-0.25, -0.2) is 4.79 Å². The summed E-state index contributed by atoms with van der Waals surface area (Å²) >= 11 is 4.17. The Kier molecular flexibility index (Phi) is 9.37. The van der Waals surface area contributed by atoms with Crippen LogP contribution in [-0.4, -0.2) is 88.2 Å². The predicted molar refractivity (Wildman–Crippen MR) is 114 cm³/mol. The van der Waals surface area contributed by atoms with Gasteiger partial charge in [0.05, 0.1) is 6.04 Å². The van der Waals surface area contributed by atoms with Crippen molar-refractivity contribution in [3.05, 3.63) is 0 Å². The molecule has 0 radical (unpaired) electrons. The number of likely N-dealkylation sites (tertiary alicyclic amines) is 2. The average molecular weight is 444 g/mol. The lowest BCUT2D eigenvalue weighted by molar-refractivity contribution is -0.149. The van der Waals surface area contributed by atoms with E-state index < -0.39 is 42.0 Å². The van der Waals surface area contributed by atoms with Gasteiger partial charge in [0.1, 0.15) is 18.1 Å². The summed E-state index contributed by atoms with van der Waals surface area (Å²) in [7, 11) is 0. The zero-order valence-electron chi connectivity index (χ0n) is 17.2. The molecule has 4 unspecified atom stereocenters. The Bertz CT molecular complexity index is 649. The average Bonchev–Trinajstić information content (AvgIpc) is 3.40. The Balaban J connectivity index is 1.99. The number of unbranched alkanes of at least 4 members (excludes halogenated alkanes) is 1. The maximum absolute atomic E-state index is 12.9. The fourth-order valence-corrected chi connectivity index (χ4v) is 4.34. The number of carboxylic acids is 1. The molecule has 0 aliphatic carbocycles. The van der Waals surface area contributed by atoms with Gasteiger partial charge in [0.25, 0.3) is 0 Å². The molecule has 2 aliphatic rings. The maximum atomic E-state index is 12.9. The second kappa shape index (κ2) is 11.5. The van der Waals surface area contributed by atoms with E-state index in [9.17, 15) is 24.3 Å². The molecule has 0 aromatic rings. The normalized spacial score (nSPS) is 23.3. The van der Waals surface area contributed by atoms with Gasteiger partial charge in [0.2, 0.25) is 17.7 Å². The number of carboxylic acid groups (broad SMARTS) is 1. The van der Waals surface area contributed by atoms with Crippen LogP contribution in [-0.2, 0) is 19.2 Å². The van der Waals surface area contributed by atoms with Crippen LogP contribution in [0.1, 0.15) is 44.9 Å². The summed E-state index contributed by atoms with van der Waals surface area (Å²) in [5.41, 5.74) is 11.5. The molecule has 0 saturated carbocycles. The first kappa shape index (κ1) is 24.4. The number of nitrogens with one attached hydrogen (secondary N) is 1. The largest absolute Gasteiger partial charge is 0.480 e. The Morgan fingerprint density at radius 3 is 2.20 bits per heavy atom. The molecule has 10 nitrogen and oxygen atoms in total. The smallest absolute Gasteiger partial charge is 0.326 e. The standard InChI is InChI=1S/C19H33N5O5S/c20-8-2-1-5-12(21)17(26)23-9-3-6-14(23)16(25)22-13(11-30)18(27)24-10-4-7-15(24)19(28)29/h12-15,30H,1-11,20-21H2,(H,22,25)(H,28,29). The molecule has 0 aromatic heterocycles. The van der Waals surface area contributed by atoms with E-state index in [1.165, 1.54) is 9.80 Å². The lowest BCUT2D eigenvalue weighted by Gasteiger charge is -2.30. The Labute approximate surface area is 182 Å². The minimum atomic E-state index is -1.05. The monoisotopic (exact) mass is 443 g/mol. The van der Waals surface area contributed by atoms with Crippen molar-refractivity contribution < 1.29 is 24.3 Å². The zero-order chi connectivity index (χ0) is 22.3. The van der Waals surface area contributed by atoms with E-state index >= 15 is 0 Å². The minimum Gasteiger partial charge on any atom is -0.480 e. The van der Waals surface area contributed by atoms with E-state index in [0.29, 0.717) is 51.7 Å². The molecule has 2 aliphatic heterocycles. The molecule has 4 atom stereocenters. The van der Waals surface area contributed by atoms with Crippen molar-refractivity contribution in [3.63, 3.8) is 0 Å². The van der Waals surface area contributed by atoms with Gasteiger partial charge in [-0.2, -0.15) is 12.6 Å². The van der Waals surface area contributed by atoms with Crippen molar-refractivity contribution in [3.8, 4) is 0 Å². The Morgan fingerprint density at radius 2 is 1.63 bits per heavy atom. The summed E-state index contributed by atoms with van der Waals surface area (Å²) in [6.45, 7) is 1.31. The number of amides is 3. The molecule has 2 saturated heterocycles. The van der Waals surface area contributed by atoms with Crippen LogP contribution >= 0.6 is 12.6 Å². The van der Waals surface area contributed by atoms with Crippen LogP contribution in [0.25, 0.3) is 0 Å². The maximum Gasteiger partial charge on any atom is 0.326 e. The van der Waals surface area contributed by atoms with Crippen LogP contribution < -0.4 is 16.8 Å². The second-order valence-corrected chi connectivity index (χ2v) is 8.22. The van der Waals surface area contributed by atoms with Gasteiger partial charge in [0.15, 0.2) is 0 Å². The van der Waals surface area contributed by atoms with Crippen LogP contribution in [0, 0.1) is 0 Å². The number of carbonyl (C=O) groups is 4. The van der Waals surface area contributed by atoms with Gasteiger partial charge in [0, 0.05) is 18.8 Å². The highest BCUT2D eigenvalue weighted by atomic mass is 32.1. The molecule has 2 heterocycles. The van der Waals surface area contributed by atoms with Gasteiger partial charge < -0.3 is 31.7 Å². The highest BCUT2D eigenvalue weighted by Crippen LogP contribution is 2.21. The molecule has 170 valence electrons. The number of aliphatic carboxylic acids is 1. The number of thiol groups is 1. The summed E-state index contributed by atoms with van der Waals surface area (Å²) in [5.74, 6) is -2.19. The molecule has 0 aromatic carbocycles. The zero-order valence-corrected chi connectivity index (χ0v) is 18.1. The van der Waals surface area contributed by atoms with Crippen molar-refractivity contribution in [2.75, 3.05) is 25.4 Å². The summed E-state index contributed by atoms with van der Waals surface area (Å²) in [5, 5.41) is 12.0. The Morgan fingerprint density at radius 1 is 1.03 bits per heavy atom. The molecule has 6 N–H and O–H groups in total. The van der Waals surface area contributed by atoms with Crippen molar-refractivity contribution in [1.82, 2.24) is 15.1 Å². The molecular formula is C19H33N5O5S. The van der Waals surface area contributed by atoms with Crippen molar-refractivity contribution in [2.24, 2.45) is 11.5 Å². The Hall–Kier alpha value is -1.85. The molecule has 2 fully saturated rings. The summed E-state index contributed by atoms with van der Waals surface area (Å²) in [4.78, 5) is 52.5. The summed E-state index contributed by atoms with van der Waals surface area (Å²) < 4.78 is 0. The molecular weight excluding hydrogens is 410 g/mol. The van der Waals surface area contributed by atoms with Crippen molar-refractivity contribution in [2.45, 2.75) is 69.1 Å². The molecule has 11 heteroatoms. The first-order chi connectivity index (χ1) is 14.3. The van der Waals surface area contributed by atoms with E-state index in [-0.39, 0.29) is 11.7 Å². The molecule has 0 bridgehead atoms. The molecule has 30 heavy (non-hydrogen) atoms. The molecule has 2 rings (SSSR count). The van der Waals surface area contributed by atoms with Crippen molar-refractivity contribution >= 4 is 36.3 Å².